The molecule has 0 bridgehead atoms. The molecule has 0 atom stereocenters. The molecular weight excluding hydrogens is 436 g/mol. The molecule has 0 aliphatic heterocycles. The third-order valence-electron chi connectivity index (χ3n) is 6.13. The van der Waals surface area contributed by atoms with Gasteiger partial charge >= 0.3 is 5.95 Å². The van der Waals surface area contributed by atoms with Gasteiger partial charge < -0.3 is 18.9 Å². The van der Waals surface area contributed by atoms with Crippen molar-refractivity contribution in [3.05, 3.63) is 47.6 Å². The lowest BCUT2D eigenvalue weighted by atomic mass is 10.1. The van der Waals surface area contributed by atoms with Crippen LogP contribution in [0.3, 0.4) is 0 Å². The third-order valence-corrected chi connectivity index (χ3v) is 6.13. The van der Waals surface area contributed by atoms with Crippen LogP contribution in [0.15, 0.2) is 42.0 Å². The highest BCUT2D eigenvalue weighted by Crippen LogP contribution is 2.20. The molecule has 4 nitrogen and oxygen atoms in total. The summed E-state index contributed by atoms with van der Waals surface area (Å²) in [4.78, 5) is 0. The van der Waals surface area contributed by atoms with Gasteiger partial charge in [-0.3, -0.25) is 0 Å². The van der Waals surface area contributed by atoms with Crippen molar-refractivity contribution in [3.8, 4) is 0 Å². The maximum absolute atomic E-state index is 6.26. The van der Waals surface area contributed by atoms with E-state index in [4.69, 9.17) is 18.9 Å². The monoisotopic (exact) mass is 490 g/mol. The van der Waals surface area contributed by atoms with Crippen LogP contribution in [0, 0.1) is 0 Å². The summed E-state index contributed by atoms with van der Waals surface area (Å²) < 4.78 is 24.2. The van der Waals surface area contributed by atoms with Crippen LogP contribution in [0.25, 0.3) is 0 Å². The largest absolute Gasteiger partial charge is 0.491 e. The molecule has 0 amide bonds. The summed E-state index contributed by atoms with van der Waals surface area (Å²) in [6.07, 6.45) is 19.2. The molecule has 202 valence electrons. The van der Waals surface area contributed by atoms with Gasteiger partial charge in [0.15, 0.2) is 12.6 Å². The van der Waals surface area contributed by atoms with E-state index in [2.05, 4.69) is 32.9 Å². The van der Waals surface area contributed by atoms with Crippen LogP contribution in [0.2, 0.25) is 0 Å². The van der Waals surface area contributed by atoms with Gasteiger partial charge in [0.25, 0.3) is 0 Å². The molecule has 4 heteroatoms. The second kappa shape index (κ2) is 24.0. The molecule has 35 heavy (non-hydrogen) atoms. The van der Waals surface area contributed by atoms with Crippen LogP contribution in [0.1, 0.15) is 129 Å². The number of benzene rings is 1. The van der Waals surface area contributed by atoms with E-state index in [0.29, 0.717) is 19.2 Å². The Kier molecular flexibility index (Phi) is 21.5. The second-order valence-electron chi connectivity index (χ2n) is 9.50. The first-order chi connectivity index (χ1) is 17.3. The maximum atomic E-state index is 6.26. The van der Waals surface area contributed by atoms with Crippen LogP contribution in [-0.4, -0.2) is 20.0 Å². The Morgan fingerprint density at radius 1 is 0.571 bits per heavy atom. The number of allylic oxidation sites excluding steroid dienone is 1. The molecule has 1 rings (SSSR count). The Balaban J connectivity index is 2.62. The average molecular weight is 491 g/mol. The summed E-state index contributed by atoms with van der Waals surface area (Å²) in [5, 5.41) is 0. The summed E-state index contributed by atoms with van der Waals surface area (Å²) in [6.45, 7) is 8.82. The summed E-state index contributed by atoms with van der Waals surface area (Å²) in [5.74, 6) is 1.40. The molecule has 0 N–H and O–H groups in total. The molecule has 0 aromatic heterocycles. The zero-order valence-electron chi connectivity index (χ0n) is 23.2. The quantitative estimate of drug-likeness (QED) is 0.0776. The molecule has 1 aromatic carbocycles. The number of ether oxygens (including phenoxy) is 4. The maximum Gasteiger partial charge on any atom is 0.321 e. The second-order valence-corrected chi connectivity index (χ2v) is 9.50. The Labute approximate surface area is 216 Å². The highest BCUT2D eigenvalue weighted by atomic mass is 16.7. The summed E-state index contributed by atoms with van der Waals surface area (Å²) in [6, 6.07) is 10.2. The zero-order valence-corrected chi connectivity index (χ0v) is 23.2. The van der Waals surface area contributed by atoms with Gasteiger partial charge in [-0.05, 0) is 24.8 Å². The lowest BCUT2D eigenvalue weighted by Gasteiger charge is -2.18. The summed E-state index contributed by atoms with van der Waals surface area (Å²) >= 11 is 0. The van der Waals surface area contributed by atoms with Crippen LogP contribution in [-0.2, 0) is 25.6 Å². The summed E-state index contributed by atoms with van der Waals surface area (Å²) in [5.41, 5.74) is 1.14. The lowest BCUT2D eigenvalue weighted by molar-refractivity contribution is -0.0894. The van der Waals surface area contributed by atoms with E-state index in [1.54, 1.807) is 0 Å². The van der Waals surface area contributed by atoms with Gasteiger partial charge in [0.05, 0.1) is 19.8 Å². The average Bonchev–Trinajstić information content (AvgIpc) is 2.88. The fourth-order valence-electron chi connectivity index (χ4n) is 3.93. The Morgan fingerprint density at radius 2 is 1.11 bits per heavy atom. The van der Waals surface area contributed by atoms with Crippen molar-refractivity contribution in [2.24, 2.45) is 0 Å². The fraction of sp³-hybridized carbons (Fsp3) is 0.742. The van der Waals surface area contributed by atoms with E-state index in [9.17, 15) is 0 Å². The third kappa shape index (κ3) is 18.3. The van der Waals surface area contributed by atoms with Crippen molar-refractivity contribution >= 4 is 0 Å². The SMILES string of the molecule is CCCCCCCCOC(CCCCC)=C(OCCCCCCCC)OCOCc1ccccc1. The van der Waals surface area contributed by atoms with E-state index in [1.807, 2.05) is 18.2 Å². The number of hydrogen-bond acceptors (Lipinski definition) is 4. The van der Waals surface area contributed by atoms with E-state index < -0.39 is 0 Å². The van der Waals surface area contributed by atoms with Crippen molar-refractivity contribution in [2.45, 2.75) is 130 Å². The molecule has 0 aliphatic rings. The number of hydrogen-bond donors (Lipinski definition) is 0. The molecule has 0 heterocycles. The van der Waals surface area contributed by atoms with Crippen molar-refractivity contribution in [1.29, 1.82) is 0 Å². The first-order valence-electron chi connectivity index (χ1n) is 14.5. The minimum atomic E-state index is 0.165. The van der Waals surface area contributed by atoms with E-state index in [1.165, 1.54) is 77.0 Å². The highest BCUT2D eigenvalue weighted by molar-refractivity contribution is 5.13. The van der Waals surface area contributed by atoms with Crippen LogP contribution < -0.4 is 0 Å². The van der Waals surface area contributed by atoms with Gasteiger partial charge in [-0.1, -0.05) is 128 Å². The van der Waals surface area contributed by atoms with Crippen molar-refractivity contribution in [2.75, 3.05) is 20.0 Å². The summed E-state index contributed by atoms with van der Waals surface area (Å²) in [7, 11) is 0. The minimum absolute atomic E-state index is 0.165. The predicted octanol–water partition coefficient (Wildman–Crippen LogP) is 9.68. The van der Waals surface area contributed by atoms with Gasteiger partial charge in [0.2, 0.25) is 0 Å². The fourth-order valence-corrected chi connectivity index (χ4v) is 3.93. The Bertz CT molecular complexity index is 599. The van der Waals surface area contributed by atoms with Gasteiger partial charge in [-0.15, -0.1) is 0 Å². The van der Waals surface area contributed by atoms with Crippen LogP contribution in [0.5, 0.6) is 0 Å². The molecule has 0 unspecified atom stereocenters. The molecule has 0 radical (unpaired) electrons. The number of unbranched alkanes of at least 4 members (excludes halogenated alkanes) is 12. The topological polar surface area (TPSA) is 36.9 Å². The smallest absolute Gasteiger partial charge is 0.321 e. The van der Waals surface area contributed by atoms with Gasteiger partial charge in [0.1, 0.15) is 0 Å². The molecule has 0 saturated carbocycles. The molecule has 0 spiro atoms. The van der Waals surface area contributed by atoms with E-state index >= 15 is 0 Å². The minimum Gasteiger partial charge on any atom is -0.491 e. The standard InChI is InChI=1S/C31H54O4/c1-4-7-10-12-14-20-25-33-30(24-17-9-6-3)31(34-26-21-15-13-11-8-5-2)35-28-32-27-29-22-18-16-19-23-29/h16,18-19,22-23H,4-15,17,20-21,24-28H2,1-3H3. The molecule has 0 fully saturated rings. The normalized spacial score (nSPS) is 11.9. The van der Waals surface area contributed by atoms with Crippen molar-refractivity contribution < 1.29 is 18.9 Å². The van der Waals surface area contributed by atoms with E-state index in [0.717, 1.165) is 43.6 Å². The van der Waals surface area contributed by atoms with Crippen LogP contribution >= 0.6 is 0 Å². The van der Waals surface area contributed by atoms with Gasteiger partial charge in [-0.25, -0.2) is 0 Å². The highest BCUT2D eigenvalue weighted by Gasteiger charge is 2.13. The van der Waals surface area contributed by atoms with Gasteiger partial charge in [0, 0.05) is 6.42 Å². The Morgan fingerprint density at radius 3 is 1.74 bits per heavy atom. The first kappa shape index (κ1) is 31.4. The Hall–Kier alpha value is -1.68. The number of rotatable bonds is 25. The predicted molar refractivity (Wildman–Crippen MR) is 147 cm³/mol. The lowest BCUT2D eigenvalue weighted by Crippen LogP contribution is -2.10. The van der Waals surface area contributed by atoms with Crippen molar-refractivity contribution in [1.82, 2.24) is 0 Å². The zero-order chi connectivity index (χ0) is 25.2. The van der Waals surface area contributed by atoms with E-state index in [-0.39, 0.29) is 6.79 Å². The van der Waals surface area contributed by atoms with Gasteiger partial charge in [-0.2, -0.15) is 0 Å². The first-order valence-corrected chi connectivity index (χ1v) is 14.5. The molecule has 1 aromatic rings. The molecular formula is C31H54O4. The van der Waals surface area contributed by atoms with Crippen molar-refractivity contribution in [3.63, 3.8) is 0 Å². The van der Waals surface area contributed by atoms with Crippen LogP contribution in [0.4, 0.5) is 0 Å². The molecule has 0 saturated heterocycles. The molecule has 0 aliphatic carbocycles.